The minimum absolute atomic E-state index is 0.121. The fourth-order valence-corrected chi connectivity index (χ4v) is 0.440. The average Bonchev–Trinajstić information content (AvgIpc) is 2.80. The monoisotopic (exact) mass is 151 g/mol. The van der Waals surface area contributed by atoms with Crippen LogP contribution in [0.5, 0.6) is 0 Å². The molecule has 58 valence electrons. The zero-order valence-electron chi connectivity index (χ0n) is 6.04. The molecule has 1 N–H and O–H groups in total. The van der Waals surface area contributed by atoms with E-state index in [0.717, 1.165) is 0 Å². The number of nitrogens with one attached hydrogen (secondary N) is 1. The minimum Gasteiger partial charge on any atom is -0.314 e. The van der Waals surface area contributed by atoms with Crippen LogP contribution in [0.3, 0.4) is 0 Å². The first kappa shape index (κ1) is 7.88. The van der Waals surface area contributed by atoms with Gasteiger partial charge in [-0.2, -0.15) is 0 Å². The van der Waals surface area contributed by atoms with Crippen LogP contribution in [0.15, 0.2) is 24.3 Å². The first-order valence-electron chi connectivity index (χ1n) is 3.44. The second-order valence-corrected chi connectivity index (χ2v) is 2.22. The van der Waals surface area contributed by atoms with Crippen molar-refractivity contribution in [1.82, 2.24) is 5.32 Å². The molecule has 11 heavy (non-hydrogen) atoms. The summed E-state index contributed by atoms with van der Waals surface area (Å²) in [5.74, 6) is -0.241. The average molecular weight is 151 g/mol. The fourth-order valence-electron chi connectivity index (χ4n) is 0.440. The van der Waals surface area contributed by atoms with Crippen LogP contribution in [0.2, 0.25) is 0 Å². The molecule has 0 amide bonds. The van der Waals surface area contributed by atoms with E-state index < -0.39 is 0 Å². The molecule has 2 aliphatic rings. The van der Waals surface area contributed by atoms with Crippen LogP contribution in [0.1, 0.15) is 0 Å². The molecule has 1 heterocycles. The number of ketones is 2. The lowest BCUT2D eigenvalue weighted by Gasteiger charge is -1.87. The first-order valence-corrected chi connectivity index (χ1v) is 3.44. The summed E-state index contributed by atoms with van der Waals surface area (Å²) in [6, 6.07) is 0. The number of hydrogen-bond acceptors (Lipinski definition) is 3. The zero-order chi connectivity index (χ0) is 8.10. The van der Waals surface area contributed by atoms with Crippen molar-refractivity contribution >= 4 is 11.6 Å². The van der Waals surface area contributed by atoms with Gasteiger partial charge in [0.25, 0.3) is 0 Å². The van der Waals surface area contributed by atoms with Gasteiger partial charge < -0.3 is 5.32 Å². The fraction of sp³-hybridized carbons (Fsp3) is 0.250. The van der Waals surface area contributed by atoms with Crippen molar-refractivity contribution in [3.63, 3.8) is 0 Å². The maximum absolute atomic E-state index is 10.3. The van der Waals surface area contributed by atoms with E-state index in [1.807, 2.05) is 0 Å². The molecule has 1 fully saturated rings. The molecule has 0 radical (unpaired) electrons. The summed E-state index contributed by atoms with van der Waals surface area (Å²) in [6.07, 6.45) is 5.01. The third-order valence-corrected chi connectivity index (χ3v) is 1.07. The Hall–Kier alpha value is -1.22. The van der Waals surface area contributed by atoms with Gasteiger partial charge in [0.15, 0.2) is 11.6 Å². The van der Waals surface area contributed by atoms with E-state index >= 15 is 0 Å². The minimum atomic E-state index is -0.121. The lowest BCUT2D eigenvalue weighted by Crippen LogP contribution is -1.97. The standard InChI is InChI=1S/C6H4O2.C2H5N/c7-5-1-2-6(8)4-3-5;1-2-3-1/h1-4H;3H,1-2H2. The van der Waals surface area contributed by atoms with Gasteiger partial charge in [0.2, 0.25) is 0 Å². The largest absolute Gasteiger partial charge is 0.314 e. The summed E-state index contributed by atoms with van der Waals surface area (Å²) >= 11 is 0. The van der Waals surface area contributed by atoms with E-state index in [9.17, 15) is 9.59 Å². The summed E-state index contributed by atoms with van der Waals surface area (Å²) < 4.78 is 0. The molecule has 0 aromatic rings. The molecule has 0 aromatic carbocycles. The molecule has 0 saturated carbocycles. The van der Waals surface area contributed by atoms with Crippen molar-refractivity contribution in [2.24, 2.45) is 0 Å². The second-order valence-electron chi connectivity index (χ2n) is 2.22. The van der Waals surface area contributed by atoms with E-state index in [2.05, 4.69) is 5.32 Å². The Morgan fingerprint density at radius 1 is 0.909 bits per heavy atom. The van der Waals surface area contributed by atoms with Crippen LogP contribution < -0.4 is 5.32 Å². The number of rotatable bonds is 0. The number of carbonyl (C=O) groups is 2. The second kappa shape index (κ2) is 3.83. The van der Waals surface area contributed by atoms with Gasteiger partial charge in [-0.1, -0.05) is 0 Å². The zero-order valence-corrected chi connectivity index (χ0v) is 6.04. The van der Waals surface area contributed by atoms with Gasteiger partial charge in [-0.3, -0.25) is 9.59 Å². The molecule has 0 unspecified atom stereocenters. The normalized spacial score (nSPS) is 19.3. The van der Waals surface area contributed by atoms with Gasteiger partial charge >= 0.3 is 0 Å². The van der Waals surface area contributed by atoms with Crippen molar-refractivity contribution < 1.29 is 9.59 Å². The highest BCUT2D eigenvalue weighted by Crippen LogP contribution is 1.90. The summed E-state index contributed by atoms with van der Waals surface area (Å²) in [5.41, 5.74) is 0. The summed E-state index contributed by atoms with van der Waals surface area (Å²) in [7, 11) is 0. The Bertz CT molecular complexity index is 185. The molecule has 1 aliphatic heterocycles. The molecule has 0 bridgehead atoms. The Kier molecular flexibility index (Phi) is 2.74. The van der Waals surface area contributed by atoms with Crippen LogP contribution >= 0.6 is 0 Å². The van der Waals surface area contributed by atoms with Gasteiger partial charge in [-0.15, -0.1) is 0 Å². The molecule has 0 spiro atoms. The van der Waals surface area contributed by atoms with E-state index in [1.165, 1.54) is 37.4 Å². The van der Waals surface area contributed by atoms with Crippen molar-refractivity contribution in [3.05, 3.63) is 24.3 Å². The van der Waals surface area contributed by atoms with Gasteiger partial charge in [-0.25, -0.2) is 0 Å². The Labute approximate surface area is 64.8 Å². The third kappa shape index (κ3) is 4.22. The quantitative estimate of drug-likeness (QED) is 0.386. The van der Waals surface area contributed by atoms with Crippen molar-refractivity contribution in [2.45, 2.75) is 0 Å². The molecular formula is C8H9NO2. The van der Waals surface area contributed by atoms with E-state index in [1.54, 1.807) is 0 Å². The van der Waals surface area contributed by atoms with Gasteiger partial charge in [0, 0.05) is 13.1 Å². The summed E-state index contributed by atoms with van der Waals surface area (Å²) in [6.45, 7) is 2.50. The summed E-state index contributed by atoms with van der Waals surface area (Å²) in [4.78, 5) is 20.6. The smallest absolute Gasteiger partial charge is 0.178 e. The lowest BCUT2D eigenvalue weighted by molar-refractivity contribution is -0.113. The molecular weight excluding hydrogens is 142 g/mol. The van der Waals surface area contributed by atoms with Crippen LogP contribution in [-0.4, -0.2) is 24.7 Å². The first-order chi connectivity index (χ1) is 5.29. The Morgan fingerprint density at radius 3 is 1.36 bits per heavy atom. The highest BCUT2D eigenvalue weighted by atomic mass is 16.1. The molecule has 1 saturated heterocycles. The predicted octanol–water partition coefficient (Wildman–Crippen LogP) is -0.160. The van der Waals surface area contributed by atoms with Crippen LogP contribution in [0, 0.1) is 0 Å². The topological polar surface area (TPSA) is 56.1 Å². The van der Waals surface area contributed by atoms with Crippen LogP contribution in [-0.2, 0) is 9.59 Å². The van der Waals surface area contributed by atoms with E-state index in [0.29, 0.717) is 0 Å². The third-order valence-electron chi connectivity index (χ3n) is 1.07. The highest BCUT2D eigenvalue weighted by Gasteiger charge is 1.97. The van der Waals surface area contributed by atoms with Crippen molar-refractivity contribution in [1.29, 1.82) is 0 Å². The lowest BCUT2D eigenvalue weighted by atomic mass is 10.2. The van der Waals surface area contributed by atoms with Gasteiger partial charge in [0.05, 0.1) is 0 Å². The molecule has 3 heteroatoms. The molecule has 1 aliphatic carbocycles. The van der Waals surface area contributed by atoms with E-state index in [-0.39, 0.29) is 11.6 Å². The molecule has 0 atom stereocenters. The Morgan fingerprint density at radius 2 is 1.18 bits per heavy atom. The SMILES string of the molecule is C1CN1.O=C1C=CC(=O)C=C1. The maximum atomic E-state index is 10.3. The number of allylic oxidation sites excluding steroid dienone is 4. The van der Waals surface area contributed by atoms with Crippen LogP contribution in [0.25, 0.3) is 0 Å². The number of hydrogen-bond donors (Lipinski definition) is 1. The summed E-state index contributed by atoms with van der Waals surface area (Å²) in [5, 5.41) is 3.00. The van der Waals surface area contributed by atoms with Crippen LogP contribution in [0.4, 0.5) is 0 Å². The molecule has 3 nitrogen and oxygen atoms in total. The molecule has 0 aromatic heterocycles. The Balaban J connectivity index is 0.000000167. The van der Waals surface area contributed by atoms with Crippen molar-refractivity contribution in [2.75, 3.05) is 13.1 Å². The van der Waals surface area contributed by atoms with Gasteiger partial charge in [0.1, 0.15) is 0 Å². The highest BCUT2D eigenvalue weighted by molar-refractivity contribution is 6.14. The predicted molar refractivity (Wildman–Crippen MR) is 41.2 cm³/mol. The number of carbonyl (C=O) groups excluding carboxylic acids is 2. The molecule has 2 rings (SSSR count). The van der Waals surface area contributed by atoms with E-state index in [4.69, 9.17) is 0 Å². The van der Waals surface area contributed by atoms with Crippen molar-refractivity contribution in [3.8, 4) is 0 Å². The van der Waals surface area contributed by atoms with Gasteiger partial charge in [-0.05, 0) is 24.3 Å². The maximum Gasteiger partial charge on any atom is 0.178 e.